The van der Waals surface area contributed by atoms with Crippen LogP contribution in [-0.2, 0) is 19.0 Å². The maximum atomic E-state index is 12.7. The average molecular weight is 469 g/mol. The minimum atomic E-state index is -4.31. The van der Waals surface area contributed by atoms with Crippen molar-refractivity contribution in [1.29, 1.82) is 0 Å². The van der Waals surface area contributed by atoms with Crippen LogP contribution in [0.15, 0.2) is 83.8 Å². The van der Waals surface area contributed by atoms with Gasteiger partial charge in [0.15, 0.2) is 0 Å². The molecule has 0 saturated heterocycles. The number of hydrazine groups is 1. The number of aryl methyl sites for hydroxylation is 2. The number of hydrogen-bond donors (Lipinski definition) is 2. The molecule has 4 nitrogen and oxygen atoms in total. The zero-order chi connectivity index (χ0) is 24.4. The van der Waals surface area contributed by atoms with Crippen LogP contribution in [0.2, 0.25) is 0 Å². The molecule has 0 radical (unpaired) electrons. The Kier molecular flexibility index (Phi) is 9.10. The van der Waals surface area contributed by atoms with Crippen molar-refractivity contribution in [3.63, 3.8) is 0 Å². The van der Waals surface area contributed by atoms with Crippen molar-refractivity contribution in [2.75, 3.05) is 6.54 Å². The van der Waals surface area contributed by atoms with Gasteiger partial charge in [-0.15, -0.1) is 0 Å². The predicted octanol–water partition coefficient (Wildman–Crippen LogP) is 6.01. The van der Waals surface area contributed by atoms with Gasteiger partial charge in [0.25, 0.3) is 0 Å². The molecule has 2 aromatic carbocycles. The highest BCUT2D eigenvalue weighted by atomic mass is 19.4. The lowest BCUT2D eigenvalue weighted by Crippen LogP contribution is -2.26. The van der Waals surface area contributed by atoms with E-state index in [2.05, 4.69) is 35.3 Å². The lowest BCUT2D eigenvalue weighted by Gasteiger charge is -2.12. The second-order valence-corrected chi connectivity index (χ2v) is 8.31. The van der Waals surface area contributed by atoms with Crippen molar-refractivity contribution < 1.29 is 13.2 Å². The fourth-order valence-corrected chi connectivity index (χ4v) is 3.69. The summed E-state index contributed by atoms with van der Waals surface area (Å²) in [6.07, 6.45) is 10.2. The summed E-state index contributed by atoms with van der Waals surface area (Å²) < 4.78 is 38.0. The molecule has 0 amide bonds. The van der Waals surface area contributed by atoms with Crippen molar-refractivity contribution in [2.24, 2.45) is 16.6 Å². The first kappa shape index (κ1) is 25.3. The molecule has 34 heavy (non-hydrogen) atoms. The standard InChI is InChI=1S/C27H31F3N4/c28-27(29,30)24-12-8-23(9-13-24)11-15-26-17-16-25(33-26)14-10-22-6-4-21(5-7-22)3-1-2-19-34(32)20-18-31/h4-9,11-13,15-16,18,20H,1-3,10,14,17,19,31-32H2/b15-11+,20-18-. The van der Waals surface area contributed by atoms with Gasteiger partial charge >= 0.3 is 6.18 Å². The lowest BCUT2D eigenvalue weighted by atomic mass is 10.0. The molecule has 0 aromatic heterocycles. The highest BCUT2D eigenvalue weighted by molar-refractivity contribution is 6.01. The van der Waals surface area contributed by atoms with Gasteiger partial charge in [-0.2, -0.15) is 13.2 Å². The Morgan fingerprint density at radius 1 is 0.882 bits per heavy atom. The smallest absolute Gasteiger partial charge is 0.403 e. The van der Waals surface area contributed by atoms with Gasteiger partial charge in [-0.05, 0) is 67.0 Å². The number of nitrogens with zero attached hydrogens (tertiary/aromatic N) is 2. The van der Waals surface area contributed by atoms with Crippen LogP contribution in [0.1, 0.15) is 47.9 Å². The van der Waals surface area contributed by atoms with Gasteiger partial charge in [0.2, 0.25) is 0 Å². The van der Waals surface area contributed by atoms with Gasteiger partial charge in [0, 0.05) is 36.8 Å². The van der Waals surface area contributed by atoms with Gasteiger partial charge < -0.3 is 10.7 Å². The minimum absolute atomic E-state index is 0.640. The third-order valence-electron chi connectivity index (χ3n) is 5.64. The summed E-state index contributed by atoms with van der Waals surface area (Å²) in [5.41, 5.74) is 9.95. The zero-order valence-corrected chi connectivity index (χ0v) is 19.1. The second-order valence-electron chi connectivity index (χ2n) is 8.31. The van der Waals surface area contributed by atoms with E-state index < -0.39 is 11.7 Å². The third kappa shape index (κ3) is 8.23. The van der Waals surface area contributed by atoms with E-state index in [1.807, 2.05) is 6.08 Å². The van der Waals surface area contributed by atoms with Crippen LogP contribution in [0.3, 0.4) is 0 Å². The molecular weight excluding hydrogens is 437 g/mol. The Labute approximate surface area is 199 Å². The highest BCUT2D eigenvalue weighted by Crippen LogP contribution is 2.29. The third-order valence-corrected chi connectivity index (χ3v) is 5.64. The second kappa shape index (κ2) is 12.2. The van der Waals surface area contributed by atoms with Gasteiger partial charge in [0.05, 0.1) is 5.56 Å². The molecule has 0 atom stereocenters. The molecule has 0 aliphatic carbocycles. The molecule has 4 N–H and O–H groups in total. The van der Waals surface area contributed by atoms with E-state index in [0.717, 1.165) is 74.2 Å². The summed E-state index contributed by atoms with van der Waals surface area (Å²) in [5, 5.41) is 1.60. The number of nitrogens with two attached hydrogens (primary N) is 2. The van der Waals surface area contributed by atoms with Crippen LogP contribution in [-0.4, -0.2) is 17.3 Å². The first-order chi connectivity index (χ1) is 16.3. The van der Waals surface area contributed by atoms with E-state index in [1.54, 1.807) is 17.3 Å². The Hall–Kier alpha value is -3.32. The minimum Gasteiger partial charge on any atom is -0.403 e. The highest BCUT2D eigenvalue weighted by Gasteiger charge is 2.29. The fraction of sp³-hybridized carbons (Fsp3) is 0.296. The van der Waals surface area contributed by atoms with E-state index in [1.165, 1.54) is 29.5 Å². The number of benzene rings is 2. The molecule has 0 saturated carbocycles. The molecule has 0 spiro atoms. The average Bonchev–Trinajstić information content (AvgIpc) is 3.28. The SMILES string of the molecule is N/C=C\N(N)CCCCc1ccc(CCC2=CCC(/C=C/c3ccc(C(F)(F)F)cc3)=N2)cc1. The summed E-state index contributed by atoms with van der Waals surface area (Å²) in [6.45, 7) is 0.781. The van der Waals surface area contributed by atoms with Crippen LogP contribution in [0.25, 0.3) is 6.08 Å². The Bertz CT molecular complexity index is 1030. The molecular formula is C27H31F3N4. The molecule has 0 unspecified atom stereocenters. The van der Waals surface area contributed by atoms with E-state index >= 15 is 0 Å². The van der Waals surface area contributed by atoms with Crippen LogP contribution in [0.4, 0.5) is 13.2 Å². The number of halogens is 3. The molecule has 2 aromatic rings. The van der Waals surface area contributed by atoms with Crippen LogP contribution in [0, 0.1) is 0 Å². The van der Waals surface area contributed by atoms with Crippen molar-refractivity contribution in [1.82, 2.24) is 5.01 Å². The predicted molar refractivity (Wildman–Crippen MR) is 133 cm³/mol. The normalized spacial score (nSPS) is 14.1. The van der Waals surface area contributed by atoms with Gasteiger partial charge in [-0.25, -0.2) is 5.84 Å². The zero-order valence-electron chi connectivity index (χ0n) is 19.1. The van der Waals surface area contributed by atoms with Gasteiger partial charge in [-0.3, -0.25) is 4.99 Å². The quantitative estimate of drug-likeness (QED) is 0.241. The largest absolute Gasteiger partial charge is 0.416 e. The summed E-state index contributed by atoms with van der Waals surface area (Å²) in [7, 11) is 0. The fourth-order valence-electron chi connectivity index (χ4n) is 3.69. The Morgan fingerprint density at radius 2 is 1.56 bits per heavy atom. The molecule has 180 valence electrons. The molecule has 0 bridgehead atoms. The Morgan fingerprint density at radius 3 is 2.21 bits per heavy atom. The summed E-state index contributed by atoms with van der Waals surface area (Å²) in [6, 6.07) is 13.8. The number of alkyl halides is 3. The lowest BCUT2D eigenvalue weighted by molar-refractivity contribution is -0.137. The van der Waals surface area contributed by atoms with Crippen LogP contribution < -0.4 is 11.6 Å². The summed E-state index contributed by atoms with van der Waals surface area (Å²) in [4.78, 5) is 4.65. The van der Waals surface area contributed by atoms with E-state index in [4.69, 9.17) is 11.6 Å². The van der Waals surface area contributed by atoms with E-state index in [9.17, 15) is 13.2 Å². The van der Waals surface area contributed by atoms with Crippen molar-refractivity contribution in [3.8, 4) is 0 Å². The molecule has 1 aliphatic heterocycles. The number of unbranched alkanes of at least 4 members (excludes halogenated alkanes) is 1. The molecule has 7 heteroatoms. The number of hydrogen-bond acceptors (Lipinski definition) is 4. The van der Waals surface area contributed by atoms with Gasteiger partial charge in [-0.1, -0.05) is 48.6 Å². The van der Waals surface area contributed by atoms with Crippen molar-refractivity contribution >= 4 is 11.8 Å². The Balaban J connectivity index is 1.41. The maximum absolute atomic E-state index is 12.7. The molecule has 3 rings (SSSR count). The molecule has 0 fully saturated rings. The summed E-state index contributed by atoms with van der Waals surface area (Å²) >= 11 is 0. The number of aliphatic imine (C=N–C) groups is 1. The van der Waals surface area contributed by atoms with Crippen molar-refractivity contribution in [2.45, 2.75) is 44.7 Å². The first-order valence-electron chi connectivity index (χ1n) is 11.4. The van der Waals surface area contributed by atoms with E-state index in [-0.39, 0.29) is 0 Å². The van der Waals surface area contributed by atoms with Crippen LogP contribution >= 0.6 is 0 Å². The van der Waals surface area contributed by atoms with Gasteiger partial charge in [0.1, 0.15) is 0 Å². The van der Waals surface area contributed by atoms with Crippen LogP contribution in [0.5, 0.6) is 0 Å². The molecule has 1 heterocycles. The van der Waals surface area contributed by atoms with E-state index in [0.29, 0.717) is 0 Å². The number of rotatable bonds is 11. The topological polar surface area (TPSA) is 67.6 Å². The molecule has 1 aliphatic rings. The first-order valence-corrected chi connectivity index (χ1v) is 11.4. The summed E-state index contributed by atoms with van der Waals surface area (Å²) in [5.74, 6) is 5.75. The van der Waals surface area contributed by atoms with Crippen molar-refractivity contribution in [3.05, 3.63) is 101 Å². The monoisotopic (exact) mass is 468 g/mol. The maximum Gasteiger partial charge on any atom is 0.416 e. The number of allylic oxidation sites excluding steroid dienone is 3.